The Bertz CT molecular complexity index is 1660. The van der Waals surface area contributed by atoms with Gasteiger partial charge in [0.25, 0.3) is 10.0 Å². The Morgan fingerprint density at radius 1 is 0.884 bits per heavy atom. The predicted molar refractivity (Wildman–Crippen MR) is 169 cm³/mol. The summed E-state index contributed by atoms with van der Waals surface area (Å²) in [4.78, 5) is 29.1. The standard InChI is InChI=1S/C33H34ClN3O5S/c1-24-9-7-13-28(19-24)37(43(40,41)30-17-15-27(34)16-18-30)23-32(38)36(22-26-12-8-14-29(20-26)42-3)31(33(39)35-2)21-25-10-5-4-6-11-25/h4-20,31H,21-23H2,1-3H3,(H,35,39)/t31-/m0/s1. The van der Waals surface area contributed by atoms with Crippen LogP contribution in [0.25, 0.3) is 0 Å². The number of rotatable bonds is 12. The topological polar surface area (TPSA) is 96.0 Å². The molecule has 224 valence electrons. The smallest absolute Gasteiger partial charge is 0.264 e. The summed E-state index contributed by atoms with van der Waals surface area (Å²) in [5.41, 5.74) is 2.71. The van der Waals surface area contributed by atoms with Crippen LogP contribution in [-0.4, -0.2) is 51.9 Å². The molecule has 0 aliphatic carbocycles. The van der Waals surface area contributed by atoms with Crippen molar-refractivity contribution in [2.45, 2.75) is 30.8 Å². The Hall–Kier alpha value is -4.34. The minimum absolute atomic E-state index is 0.0160. The number of nitrogens with zero attached hydrogens (tertiary/aromatic N) is 2. The van der Waals surface area contributed by atoms with Gasteiger partial charge in [0.2, 0.25) is 11.8 Å². The summed E-state index contributed by atoms with van der Waals surface area (Å²) in [5, 5.41) is 3.07. The van der Waals surface area contributed by atoms with Crippen LogP contribution in [0.5, 0.6) is 5.75 Å². The first-order valence-electron chi connectivity index (χ1n) is 13.6. The van der Waals surface area contributed by atoms with E-state index < -0.39 is 28.5 Å². The van der Waals surface area contributed by atoms with Crippen LogP contribution in [0.2, 0.25) is 5.02 Å². The molecule has 0 fully saturated rings. The zero-order chi connectivity index (χ0) is 31.0. The first-order chi connectivity index (χ1) is 20.6. The van der Waals surface area contributed by atoms with E-state index in [1.54, 1.807) is 43.5 Å². The van der Waals surface area contributed by atoms with Crippen molar-refractivity contribution in [3.63, 3.8) is 0 Å². The second-order valence-electron chi connectivity index (χ2n) is 10.00. The molecule has 0 saturated heterocycles. The molecule has 0 heterocycles. The van der Waals surface area contributed by atoms with Crippen LogP contribution in [0.15, 0.2) is 108 Å². The van der Waals surface area contributed by atoms with E-state index in [0.29, 0.717) is 16.5 Å². The van der Waals surface area contributed by atoms with Crippen LogP contribution < -0.4 is 14.4 Å². The van der Waals surface area contributed by atoms with Gasteiger partial charge in [-0.3, -0.25) is 13.9 Å². The molecule has 0 aliphatic rings. The Morgan fingerprint density at radius 2 is 1.56 bits per heavy atom. The summed E-state index contributed by atoms with van der Waals surface area (Å²) < 4.78 is 34.5. The number of likely N-dealkylation sites (N-methyl/N-ethyl adjacent to an activating group) is 1. The SMILES string of the molecule is CNC(=O)[C@H](Cc1ccccc1)N(Cc1cccc(OC)c1)C(=O)CN(c1cccc(C)c1)S(=O)(=O)c1ccc(Cl)cc1. The van der Waals surface area contributed by atoms with E-state index in [0.717, 1.165) is 21.0 Å². The van der Waals surface area contributed by atoms with Crippen molar-refractivity contribution in [2.75, 3.05) is 25.0 Å². The zero-order valence-electron chi connectivity index (χ0n) is 24.2. The molecule has 0 unspecified atom stereocenters. The number of hydrogen-bond acceptors (Lipinski definition) is 5. The lowest BCUT2D eigenvalue weighted by molar-refractivity contribution is -0.139. The number of anilines is 1. The molecule has 0 saturated carbocycles. The molecule has 1 N–H and O–H groups in total. The third-order valence-electron chi connectivity index (χ3n) is 6.97. The number of halogens is 1. The molecule has 0 aliphatic heterocycles. The number of benzene rings is 4. The quantitative estimate of drug-likeness (QED) is 0.234. The number of methoxy groups -OCH3 is 1. The summed E-state index contributed by atoms with van der Waals surface area (Å²) in [7, 11) is -1.14. The van der Waals surface area contributed by atoms with Crippen LogP contribution in [-0.2, 0) is 32.6 Å². The van der Waals surface area contributed by atoms with Crippen molar-refractivity contribution in [2.24, 2.45) is 0 Å². The van der Waals surface area contributed by atoms with Crippen molar-refractivity contribution < 1.29 is 22.7 Å². The monoisotopic (exact) mass is 619 g/mol. The molecule has 4 aromatic carbocycles. The molecule has 0 radical (unpaired) electrons. The van der Waals surface area contributed by atoms with E-state index in [-0.39, 0.29) is 23.8 Å². The average Bonchev–Trinajstić information content (AvgIpc) is 3.01. The Labute approximate surface area is 257 Å². The Balaban J connectivity index is 1.79. The molecule has 43 heavy (non-hydrogen) atoms. The average molecular weight is 620 g/mol. The van der Waals surface area contributed by atoms with Gasteiger partial charge in [-0.05, 0) is 72.1 Å². The molecule has 4 aromatic rings. The van der Waals surface area contributed by atoms with E-state index in [4.69, 9.17) is 16.3 Å². The van der Waals surface area contributed by atoms with Gasteiger partial charge in [0, 0.05) is 25.0 Å². The van der Waals surface area contributed by atoms with Crippen molar-refractivity contribution >= 4 is 39.1 Å². The number of sulfonamides is 1. The maximum Gasteiger partial charge on any atom is 0.264 e. The highest BCUT2D eigenvalue weighted by molar-refractivity contribution is 7.92. The third kappa shape index (κ3) is 7.94. The molecule has 4 rings (SSSR count). The predicted octanol–water partition coefficient (Wildman–Crippen LogP) is 5.24. The van der Waals surface area contributed by atoms with E-state index in [9.17, 15) is 18.0 Å². The van der Waals surface area contributed by atoms with Gasteiger partial charge in [0.1, 0.15) is 18.3 Å². The van der Waals surface area contributed by atoms with Crippen LogP contribution in [0.4, 0.5) is 5.69 Å². The zero-order valence-corrected chi connectivity index (χ0v) is 25.8. The Morgan fingerprint density at radius 3 is 2.21 bits per heavy atom. The maximum atomic E-state index is 14.3. The molecule has 8 nitrogen and oxygen atoms in total. The van der Waals surface area contributed by atoms with Gasteiger partial charge in [-0.15, -0.1) is 0 Å². The van der Waals surface area contributed by atoms with Crippen LogP contribution in [0, 0.1) is 6.92 Å². The van der Waals surface area contributed by atoms with Gasteiger partial charge >= 0.3 is 0 Å². The van der Waals surface area contributed by atoms with Crippen molar-refractivity contribution in [1.29, 1.82) is 0 Å². The fraction of sp³-hybridized carbons (Fsp3) is 0.212. The lowest BCUT2D eigenvalue weighted by Crippen LogP contribution is -2.53. The lowest BCUT2D eigenvalue weighted by atomic mass is 10.0. The number of amides is 2. The summed E-state index contributed by atoms with van der Waals surface area (Å²) in [6.07, 6.45) is 0.227. The molecular formula is C33H34ClN3O5S. The number of carbonyl (C=O) groups is 2. The molecular weight excluding hydrogens is 586 g/mol. The third-order valence-corrected chi connectivity index (χ3v) is 9.01. The van der Waals surface area contributed by atoms with E-state index >= 15 is 0 Å². The van der Waals surface area contributed by atoms with Gasteiger partial charge in [-0.1, -0.05) is 66.2 Å². The second kappa shape index (κ2) is 14.2. The first-order valence-corrected chi connectivity index (χ1v) is 15.5. The van der Waals surface area contributed by atoms with Crippen LogP contribution >= 0.6 is 11.6 Å². The molecule has 0 bridgehead atoms. The van der Waals surface area contributed by atoms with Crippen LogP contribution in [0.3, 0.4) is 0 Å². The molecule has 0 aromatic heterocycles. The highest BCUT2D eigenvalue weighted by atomic mass is 35.5. The second-order valence-corrected chi connectivity index (χ2v) is 12.3. The fourth-order valence-corrected chi connectivity index (χ4v) is 6.27. The number of ether oxygens (including phenoxy) is 1. The summed E-state index contributed by atoms with van der Waals surface area (Å²) in [6.45, 7) is 1.35. The first kappa shape index (κ1) is 31.6. The molecule has 2 amide bonds. The van der Waals surface area contributed by atoms with E-state index in [1.165, 1.54) is 36.2 Å². The van der Waals surface area contributed by atoms with Crippen molar-refractivity contribution in [3.8, 4) is 5.75 Å². The number of nitrogens with one attached hydrogen (secondary N) is 1. The van der Waals surface area contributed by atoms with Gasteiger partial charge in [-0.25, -0.2) is 8.42 Å². The normalized spacial score (nSPS) is 11.8. The van der Waals surface area contributed by atoms with Gasteiger partial charge in [0.05, 0.1) is 17.7 Å². The lowest BCUT2D eigenvalue weighted by Gasteiger charge is -2.33. The minimum Gasteiger partial charge on any atom is -0.497 e. The molecule has 10 heteroatoms. The van der Waals surface area contributed by atoms with Crippen LogP contribution in [0.1, 0.15) is 16.7 Å². The van der Waals surface area contributed by atoms with E-state index in [1.807, 2.05) is 49.4 Å². The number of hydrogen-bond donors (Lipinski definition) is 1. The van der Waals surface area contributed by atoms with Gasteiger partial charge in [-0.2, -0.15) is 0 Å². The number of aryl methyl sites for hydroxylation is 1. The van der Waals surface area contributed by atoms with Crippen molar-refractivity contribution in [1.82, 2.24) is 10.2 Å². The highest BCUT2D eigenvalue weighted by Gasteiger charge is 2.34. The summed E-state index contributed by atoms with van der Waals surface area (Å²) >= 11 is 6.03. The highest BCUT2D eigenvalue weighted by Crippen LogP contribution is 2.27. The summed E-state index contributed by atoms with van der Waals surface area (Å²) in [6, 6.07) is 28.3. The van der Waals surface area contributed by atoms with Gasteiger partial charge < -0.3 is 15.0 Å². The minimum atomic E-state index is -4.20. The number of carbonyl (C=O) groups excluding carboxylic acids is 2. The van der Waals surface area contributed by atoms with Crippen molar-refractivity contribution in [3.05, 3.63) is 125 Å². The van der Waals surface area contributed by atoms with E-state index in [2.05, 4.69) is 5.32 Å². The van der Waals surface area contributed by atoms with Gasteiger partial charge in [0.15, 0.2) is 0 Å². The molecule has 0 spiro atoms. The maximum absolute atomic E-state index is 14.3. The summed E-state index contributed by atoms with van der Waals surface area (Å²) in [5.74, 6) is -0.328. The molecule has 1 atom stereocenters. The largest absolute Gasteiger partial charge is 0.497 e. The Kier molecular flexibility index (Phi) is 10.4. The fourth-order valence-electron chi connectivity index (χ4n) is 4.73.